The number of amides is 1. The lowest BCUT2D eigenvalue weighted by Crippen LogP contribution is -2.24. The van der Waals surface area contributed by atoms with E-state index in [1.165, 1.54) is 28.0 Å². The summed E-state index contributed by atoms with van der Waals surface area (Å²) in [6.07, 6.45) is -1.05. The van der Waals surface area contributed by atoms with Gasteiger partial charge in [-0.05, 0) is 42.3 Å². The Labute approximate surface area is 225 Å². The van der Waals surface area contributed by atoms with E-state index in [0.29, 0.717) is 37.2 Å². The third-order valence-corrected chi connectivity index (χ3v) is 8.38. The minimum atomic E-state index is -4.46. The smallest absolute Gasteiger partial charge is 0.383 e. The van der Waals surface area contributed by atoms with Crippen LogP contribution in [0.1, 0.15) is 22.4 Å². The molecule has 3 aromatic heterocycles. The van der Waals surface area contributed by atoms with Gasteiger partial charge in [-0.3, -0.25) is 9.78 Å². The molecule has 3 N–H and O–H groups in total. The third kappa shape index (κ3) is 5.89. The van der Waals surface area contributed by atoms with Gasteiger partial charge in [0.2, 0.25) is 5.91 Å². The maximum atomic E-state index is 13.2. The molecule has 4 heterocycles. The second-order valence-electron chi connectivity index (χ2n) is 8.84. The number of fused-ring (bicyclic) bond motifs is 2. The number of carbonyl (C=O) groups is 1. The van der Waals surface area contributed by atoms with Crippen LogP contribution in [0.25, 0.3) is 31.9 Å². The number of rotatable bonds is 9. The van der Waals surface area contributed by atoms with Crippen LogP contribution in [0.4, 0.5) is 18.2 Å². The van der Waals surface area contributed by atoms with E-state index < -0.39 is 11.7 Å². The molecule has 0 saturated carbocycles. The Morgan fingerprint density at radius 2 is 2.03 bits per heavy atom. The van der Waals surface area contributed by atoms with E-state index in [2.05, 4.69) is 20.9 Å². The number of hydrogen-bond donors (Lipinski definition) is 3. The Morgan fingerprint density at radius 1 is 1.16 bits per heavy atom. The molecular weight excluding hydrogens is 535 g/mol. The Balaban J connectivity index is 1.44. The van der Waals surface area contributed by atoms with Crippen LogP contribution >= 0.6 is 22.7 Å². The van der Waals surface area contributed by atoms with Gasteiger partial charge in [0, 0.05) is 61.6 Å². The van der Waals surface area contributed by atoms with Crippen LogP contribution in [0.2, 0.25) is 0 Å². The molecule has 0 spiro atoms. The molecule has 0 unspecified atom stereocenters. The molecule has 0 bridgehead atoms. The third-order valence-electron chi connectivity index (χ3n) is 6.19. The number of methoxy groups -OCH3 is 1. The van der Waals surface area contributed by atoms with Crippen LogP contribution in [-0.2, 0) is 28.7 Å². The molecule has 38 heavy (non-hydrogen) atoms. The fraction of sp³-hybridized carbons (Fsp3) is 0.346. The summed E-state index contributed by atoms with van der Waals surface area (Å²) in [6, 6.07) is 6.53. The molecule has 5 rings (SSSR count). The molecule has 1 aliphatic rings. The van der Waals surface area contributed by atoms with Crippen LogP contribution in [-0.4, -0.2) is 49.2 Å². The first-order chi connectivity index (χ1) is 18.3. The van der Waals surface area contributed by atoms with E-state index in [1.54, 1.807) is 24.5 Å². The number of thiazole rings is 1. The van der Waals surface area contributed by atoms with Crippen LogP contribution in [0, 0.1) is 0 Å². The minimum absolute atomic E-state index is 0.0804. The van der Waals surface area contributed by atoms with Crippen molar-refractivity contribution in [3.8, 4) is 21.7 Å². The first kappa shape index (κ1) is 26.7. The Hall–Kier alpha value is -2.90. The number of aromatic nitrogens is 2. The largest absolute Gasteiger partial charge is 0.417 e. The molecule has 0 fully saturated rings. The van der Waals surface area contributed by atoms with Gasteiger partial charge in [-0.1, -0.05) is 6.07 Å². The predicted octanol–water partition coefficient (Wildman–Crippen LogP) is 5.32. The molecule has 4 aromatic rings. The van der Waals surface area contributed by atoms with Gasteiger partial charge in [-0.15, -0.1) is 22.7 Å². The van der Waals surface area contributed by atoms with Gasteiger partial charge in [0.15, 0.2) is 0 Å². The number of carbonyl (C=O) groups excluding carboxylic acids is 1. The van der Waals surface area contributed by atoms with Crippen molar-refractivity contribution in [3.63, 3.8) is 0 Å². The summed E-state index contributed by atoms with van der Waals surface area (Å²) >= 11 is 3.03. The summed E-state index contributed by atoms with van der Waals surface area (Å²) in [5.74, 6) is -0.0804. The van der Waals surface area contributed by atoms with E-state index in [9.17, 15) is 18.0 Å². The predicted molar refractivity (Wildman–Crippen MR) is 145 cm³/mol. The standard InChI is InChI=1S/C26H26F3N5O2S2/c1-36-9-8-30-7-5-22(35)34-25-23(18-4-6-31-14-21(18)38-25)24-33-19-3-2-15(11-20(19)37-24)16-10-17(13-32-12-16)26(27,28)29/h2-3,10-13,30-31H,4-9,14H2,1H3,(H,34,35). The van der Waals surface area contributed by atoms with Gasteiger partial charge in [0.25, 0.3) is 0 Å². The van der Waals surface area contributed by atoms with Crippen molar-refractivity contribution in [1.82, 2.24) is 20.6 Å². The fourth-order valence-electron chi connectivity index (χ4n) is 4.30. The number of alkyl halides is 3. The van der Waals surface area contributed by atoms with Crippen molar-refractivity contribution >= 4 is 43.8 Å². The van der Waals surface area contributed by atoms with Gasteiger partial charge >= 0.3 is 6.18 Å². The second-order valence-corrected chi connectivity index (χ2v) is 11.0. The Kier molecular flexibility index (Phi) is 8.05. The van der Waals surface area contributed by atoms with Crippen molar-refractivity contribution < 1.29 is 22.7 Å². The van der Waals surface area contributed by atoms with Crippen molar-refractivity contribution in [3.05, 3.63) is 52.7 Å². The van der Waals surface area contributed by atoms with E-state index in [1.807, 2.05) is 12.1 Å². The van der Waals surface area contributed by atoms with Crippen molar-refractivity contribution in [1.29, 1.82) is 0 Å². The fourth-order valence-corrected chi connectivity index (χ4v) is 6.69. The first-order valence-corrected chi connectivity index (χ1v) is 13.7. The zero-order valence-corrected chi connectivity index (χ0v) is 22.2. The zero-order chi connectivity index (χ0) is 26.7. The molecule has 0 radical (unpaired) electrons. The molecular formula is C26H26F3N5O2S2. The Bertz CT molecular complexity index is 1450. The number of nitrogens with one attached hydrogen (secondary N) is 3. The molecule has 1 aromatic carbocycles. The number of nitrogens with zero attached hydrogens (tertiary/aromatic N) is 2. The molecule has 1 amide bonds. The minimum Gasteiger partial charge on any atom is -0.383 e. The van der Waals surface area contributed by atoms with Gasteiger partial charge < -0.3 is 20.7 Å². The van der Waals surface area contributed by atoms with Crippen LogP contribution in [0.5, 0.6) is 0 Å². The molecule has 200 valence electrons. The maximum absolute atomic E-state index is 13.2. The topological polar surface area (TPSA) is 88.2 Å². The van der Waals surface area contributed by atoms with Crippen LogP contribution < -0.4 is 16.0 Å². The number of benzene rings is 1. The van der Waals surface area contributed by atoms with Gasteiger partial charge in [0.1, 0.15) is 10.0 Å². The van der Waals surface area contributed by atoms with Crippen molar-refractivity contribution in [2.24, 2.45) is 0 Å². The number of thiophene rings is 1. The van der Waals surface area contributed by atoms with Crippen molar-refractivity contribution in [2.45, 2.75) is 25.6 Å². The molecule has 7 nitrogen and oxygen atoms in total. The highest BCUT2D eigenvalue weighted by Crippen LogP contribution is 2.45. The monoisotopic (exact) mass is 561 g/mol. The van der Waals surface area contributed by atoms with Gasteiger partial charge in [0.05, 0.1) is 22.4 Å². The maximum Gasteiger partial charge on any atom is 0.417 e. The number of halogens is 3. The molecule has 12 heteroatoms. The first-order valence-electron chi connectivity index (χ1n) is 12.1. The van der Waals surface area contributed by atoms with Gasteiger partial charge in [-0.25, -0.2) is 4.98 Å². The average molecular weight is 562 g/mol. The van der Waals surface area contributed by atoms with Crippen molar-refractivity contribution in [2.75, 3.05) is 38.7 Å². The zero-order valence-electron chi connectivity index (χ0n) is 20.6. The summed E-state index contributed by atoms with van der Waals surface area (Å²) in [4.78, 5) is 22.5. The van der Waals surface area contributed by atoms with Crippen LogP contribution in [0.3, 0.4) is 0 Å². The number of hydrogen-bond acceptors (Lipinski definition) is 8. The van der Waals surface area contributed by atoms with E-state index in [0.717, 1.165) is 57.6 Å². The molecule has 0 aliphatic carbocycles. The number of ether oxygens (including phenoxy) is 1. The highest BCUT2D eigenvalue weighted by atomic mass is 32.1. The molecule has 1 aliphatic heterocycles. The lowest BCUT2D eigenvalue weighted by atomic mass is 10.0. The summed E-state index contributed by atoms with van der Waals surface area (Å²) in [5, 5.41) is 11.2. The summed E-state index contributed by atoms with van der Waals surface area (Å²) in [6.45, 7) is 3.38. The average Bonchev–Trinajstić information content (AvgIpc) is 3.48. The lowest BCUT2D eigenvalue weighted by Gasteiger charge is -2.13. The molecule has 0 atom stereocenters. The van der Waals surface area contributed by atoms with Crippen LogP contribution in [0.15, 0.2) is 36.7 Å². The van der Waals surface area contributed by atoms with E-state index >= 15 is 0 Å². The number of pyridine rings is 1. The lowest BCUT2D eigenvalue weighted by molar-refractivity contribution is -0.137. The summed E-state index contributed by atoms with van der Waals surface area (Å²) < 4.78 is 45.4. The summed E-state index contributed by atoms with van der Waals surface area (Å²) in [7, 11) is 1.63. The number of anilines is 1. The van der Waals surface area contributed by atoms with E-state index in [4.69, 9.17) is 9.72 Å². The highest BCUT2D eigenvalue weighted by molar-refractivity contribution is 7.23. The quantitative estimate of drug-likeness (QED) is 0.240. The summed E-state index contributed by atoms with van der Waals surface area (Å²) in [5.41, 5.74) is 3.12. The second kappa shape index (κ2) is 11.5. The highest BCUT2D eigenvalue weighted by Gasteiger charge is 2.31. The molecule has 0 saturated heterocycles. The SMILES string of the molecule is COCCNCCC(=O)Nc1sc2c(c1-c1nc3ccc(-c4cncc(C(F)(F)F)c4)cc3s1)CCNC2. The van der Waals surface area contributed by atoms with Gasteiger partial charge in [-0.2, -0.15) is 13.2 Å². The Morgan fingerprint density at radius 3 is 2.84 bits per heavy atom. The normalized spacial score (nSPS) is 13.6. The van der Waals surface area contributed by atoms with E-state index in [-0.39, 0.29) is 5.91 Å².